The van der Waals surface area contributed by atoms with Gasteiger partial charge in [-0.1, -0.05) is 26.7 Å². The number of hydrogen-bond donors (Lipinski definition) is 2. The number of nitrogens with zero attached hydrogens (tertiary/aromatic N) is 1. The summed E-state index contributed by atoms with van der Waals surface area (Å²) >= 11 is 0. The quantitative estimate of drug-likeness (QED) is 0.754. The molecule has 1 aliphatic rings. The molecule has 1 fully saturated rings. The van der Waals surface area contributed by atoms with Crippen LogP contribution in [-0.4, -0.2) is 43.0 Å². The van der Waals surface area contributed by atoms with E-state index in [0.717, 1.165) is 19.4 Å². The van der Waals surface area contributed by atoms with Gasteiger partial charge in [0.15, 0.2) is 0 Å². The van der Waals surface area contributed by atoms with Crippen LogP contribution < -0.4 is 11.1 Å². The Labute approximate surface area is 105 Å². The highest BCUT2D eigenvalue weighted by Crippen LogP contribution is 2.33. The summed E-state index contributed by atoms with van der Waals surface area (Å²) in [5, 5.41) is 3.02. The van der Waals surface area contributed by atoms with E-state index in [2.05, 4.69) is 24.3 Å². The lowest BCUT2D eigenvalue weighted by Gasteiger charge is -2.36. The van der Waals surface area contributed by atoms with Crippen LogP contribution in [0.2, 0.25) is 0 Å². The van der Waals surface area contributed by atoms with Crippen molar-refractivity contribution in [2.75, 3.05) is 20.6 Å². The molecule has 0 bridgehead atoms. The first kappa shape index (κ1) is 14.5. The number of amides is 1. The van der Waals surface area contributed by atoms with E-state index in [0.29, 0.717) is 0 Å². The zero-order valence-corrected chi connectivity index (χ0v) is 11.6. The van der Waals surface area contributed by atoms with Crippen LogP contribution >= 0.6 is 0 Å². The molecule has 1 aliphatic carbocycles. The van der Waals surface area contributed by atoms with Crippen molar-refractivity contribution < 1.29 is 4.79 Å². The molecule has 1 amide bonds. The number of carbonyl (C=O) groups excluding carboxylic acids is 1. The van der Waals surface area contributed by atoms with Gasteiger partial charge in [0.1, 0.15) is 0 Å². The van der Waals surface area contributed by atoms with Gasteiger partial charge < -0.3 is 16.0 Å². The summed E-state index contributed by atoms with van der Waals surface area (Å²) in [6, 6.07) is -0.393. The minimum atomic E-state index is -0.393. The number of likely N-dealkylation sites (N-methyl/N-ethyl adjacent to an activating group) is 1. The van der Waals surface area contributed by atoms with Crippen molar-refractivity contribution in [3.63, 3.8) is 0 Å². The number of rotatable bonds is 5. The van der Waals surface area contributed by atoms with Gasteiger partial charge in [0, 0.05) is 12.1 Å². The molecule has 17 heavy (non-hydrogen) atoms. The molecule has 0 aromatic carbocycles. The number of carbonyl (C=O) groups is 1. The van der Waals surface area contributed by atoms with Crippen LogP contribution in [0.25, 0.3) is 0 Å². The summed E-state index contributed by atoms with van der Waals surface area (Å²) in [4.78, 5) is 14.1. The van der Waals surface area contributed by atoms with E-state index in [9.17, 15) is 4.79 Å². The van der Waals surface area contributed by atoms with Gasteiger partial charge in [-0.3, -0.25) is 4.79 Å². The van der Waals surface area contributed by atoms with E-state index in [1.54, 1.807) is 0 Å². The fourth-order valence-corrected chi connectivity index (χ4v) is 2.49. The largest absolute Gasteiger partial charge is 0.353 e. The standard InChI is InChI=1S/C13H27N3O/c1-10(2)11(14)12(17)15-9-13(16(3)4)7-5-6-8-13/h10-11H,5-9,14H2,1-4H3,(H,15,17). The molecule has 4 heteroatoms. The molecule has 0 radical (unpaired) electrons. The van der Waals surface area contributed by atoms with Gasteiger partial charge in [0.2, 0.25) is 5.91 Å². The van der Waals surface area contributed by atoms with Gasteiger partial charge in [-0.25, -0.2) is 0 Å². The average molecular weight is 241 g/mol. The molecule has 0 heterocycles. The SMILES string of the molecule is CC(C)C(N)C(=O)NCC1(N(C)C)CCCC1. The summed E-state index contributed by atoms with van der Waals surface area (Å²) in [5.41, 5.74) is 5.98. The second-order valence-corrected chi connectivity index (χ2v) is 5.81. The Kier molecular flexibility index (Phi) is 4.95. The molecular formula is C13H27N3O. The summed E-state index contributed by atoms with van der Waals surface area (Å²) in [5.74, 6) is 0.169. The van der Waals surface area contributed by atoms with E-state index in [-0.39, 0.29) is 17.4 Å². The topological polar surface area (TPSA) is 58.4 Å². The van der Waals surface area contributed by atoms with Crippen molar-refractivity contribution in [3.8, 4) is 0 Å². The lowest BCUT2D eigenvalue weighted by molar-refractivity contribution is -0.123. The summed E-state index contributed by atoms with van der Waals surface area (Å²) in [6.45, 7) is 4.67. The first-order valence-electron chi connectivity index (χ1n) is 6.60. The van der Waals surface area contributed by atoms with Gasteiger partial charge >= 0.3 is 0 Å². The van der Waals surface area contributed by atoms with Crippen LogP contribution in [0.1, 0.15) is 39.5 Å². The molecule has 1 rings (SSSR count). The van der Waals surface area contributed by atoms with Gasteiger partial charge in [0.05, 0.1) is 6.04 Å². The minimum absolute atomic E-state index is 0.0203. The Morgan fingerprint density at radius 1 is 1.35 bits per heavy atom. The number of nitrogens with one attached hydrogen (secondary N) is 1. The molecule has 0 aromatic rings. The van der Waals surface area contributed by atoms with Crippen molar-refractivity contribution >= 4 is 5.91 Å². The molecule has 0 saturated heterocycles. The van der Waals surface area contributed by atoms with E-state index < -0.39 is 6.04 Å². The average Bonchev–Trinajstić information content (AvgIpc) is 2.74. The zero-order valence-electron chi connectivity index (χ0n) is 11.6. The molecule has 3 N–H and O–H groups in total. The predicted octanol–water partition coefficient (Wildman–Crippen LogP) is 0.960. The van der Waals surface area contributed by atoms with Crippen molar-refractivity contribution in [1.82, 2.24) is 10.2 Å². The van der Waals surface area contributed by atoms with Crippen LogP contribution in [0.4, 0.5) is 0 Å². The van der Waals surface area contributed by atoms with Gasteiger partial charge in [-0.05, 0) is 32.9 Å². The third-order valence-corrected chi connectivity index (χ3v) is 4.10. The molecule has 4 nitrogen and oxygen atoms in total. The lowest BCUT2D eigenvalue weighted by Crippen LogP contribution is -2.54. The van der Waals surface area contributed by atoms with Gasteiger partial charge in [0.25, 0.3) is 0 Å². The Balaban J connectivity index is 2.51. The van der Waals surface area contributed by atoms with E-state index in [1.165, 1.54) is 12.8 Å². The van der Waals surface area contributed by atoms with Crippen LogP contribution in [0.3, 0.4) is 0 Å². The first-order chi connectivity index (χ1) is 7.89. The second kappa shape index (κ2) is 5.83. The van der Waals surface area contributed by atoms with E-state index >= 15 is 0 Å². The number of hydrogen-bond acceptors (Lipinski definition) is 3. The maximum absolute atomic E-state index is 11.9. The highest BCUT2D eigenvalue weighted by atomic mass is 16.2. The lowest BCUT2D eigenvalue weighted by atomic mass is 9.95. The predicted molar refractivity (Wildman–Crippen MR) is 70.7 cm³/mol. The molecule has 1 unspecified atom stereocenters. The van der Waals surface area contributed by atoms with Crippen molar-refractivity contribution in [3.05, 3.63) is 0 Å². The maximum Gasteiger partial charge on any atom is 0.237 e. The number of nitrogens with two attached hydrogens (primary N) is 1. The second-order valence-electron chi connectivity index (χ2n) is 5.81. The summed E-state index contributed by atoms with van der Waals surface area (Å²) < 4.78 is 0. The summed E-state index contributed by atoms with van der Waals surface area (Å²) in [7, 11) is 4.19. The van der Waals surface area contributed by atoms with Crippen LogP contribution in [0.5, 0.6) is 0 Å². The Morgan fingerprint density at radius 2 is 1.88 bits per heavy atom. The molecule has 0 spiro atoms. The highest BCUT2D eigenvalue weighted by Gasteiger charge is 2.36. The normalized spacial score (nSPS) is 20.9. The zero-order chi connectivity index (χ0) is 13.1. The Hall–Kier alpha value is -0.610. The Morgan fingerprint density at radius 3 is 2.29 bits per heavy atom. The van der Waals surface area contributed by atoms with E-state index in [4.69, 9.17) is 5.73 Å². The van der Waals surface area contributed by atoms with Gasteiger partial charge in [-0.15, -0.1) is 0 Å². The van der Waals surface area contributed by atoms with Crippen LogP contribution in [0, 0.1) is 5.92 Å². The third kappa shape index (κ3) is 3.42. The monoisotopic (exact) mass is 241 g/mol. The highest BCUT2D eigenvalue weighted by molar-refractivity contribution is 5.81. The molecule has 1 atom stereocenters. The fourth-order valence-electron chi connectivity index (χ4n) is 2.49. The maximum atomic E-state index is 11.9. The van der Waals surface area contributed by atoms with Crippen molar-refractivity contribution in [2.45, 2.75) is 51.1 Å². The summed E-state index contributed by atoms with van der Waals surface area (Å²) in [6.07, 6.45) is 4.84. The molecular weight excluding hydrogens is 214 g/mol. The molecule has 0 aliphatic heterocycles. The van der Waals surface area contributed by atoms with Crippen LogP contribution in [0.15, 0.2) is 0 Å². The van der Waals surface area contributed by atoms with Crippen molar-refractivity contribution in [1.29, 1.82) is 0 Å². The molecule has 100 valence electrons. The minimum Gasteiger partial charge on any atom is -0.353 e. The smallest absolute Gasteiger partial charge is 0.237 e. The molecule has 1 saturated carbocycles. The van der Waals surface area contributed by atoms with Gasteiger partial charge in [-0.2, -0.15) is 0 Å². The fraction of sp³-hybridized carbons (Fsp3) is 0.923. The van der Waals surface area contributed by atoms with E-state index in [1.807, 2.05) is 13.8 Å². The first-order valence-corrected chi connectivity index (χ1v) is 6.60. The van der Waals surface area contributed by atoms with Crippen LogP contribution in [-0.2, 0) is 4.79 Å². The third-order valence-electron chi connectivity index (χ3n) is 4.10. The molecule has 0 aromatic heterocycles. The Bertz CT molecular complexity index is 257. The van der Waals surface area contributed by atoms with Crippen molar-refractivity contribution in [2.24, 2.45) is 11.7 Å².